The molecule has 0 aliphatic heterocycles. The zero-order valence-corrected chi connectivity index (χ0v) is 12.4. The first-order valence-corrected chi connectivity index (χ1v) is 7.37. The normalized spacial score (nSPS) is 14.2. The van der Waals surface area contributed by atoms with Gasteiger partial charge < -0.3 is 5.73 Å². The van der Waals surface area contributed by atoms with Crippen molar-refractivity contribution in [3.05, 3.63) is 48.0 Å². The van der Waals surface area contributed by atoms with Crippen molar-refractivity contribution in [3.8, 4) is 0 Å². The van der Waals surface area contributed by atoms with Gasteiger partial charge in [0.1, 0.15) is 0 Å². The van der Waals surface area contributed by atoms with Crippen LogP contribution >= 0.6 is 0 Å². The van der Waals surface area contributed by atoms with Crippen molar-refractivity contribution in [1.82, 2.24) is 14.8 Å². The van der Waals surface area contributed by atoms with Crippen LogP contribution in [0.2, 0.25) is 0 Å². The average Bonchev–Trinajstić information content (AvgIpc) is 2.94. The first-order chi connectivity index (χ1) is 9.69. The van der Waals surface area contributed by atoms with Gasteiger partial charge in [-0.3, -0.25) is 9.67 Å². The molecule has 0 amide bonds. The second-order valence-corrected chi connectivity index (χ2v) is 5.40. The number of nitrogens with zero attached hydrogens (tertiary/aromatic N) is 3. The van der Waals surface area contributed by atoms with E-state index in [0.29, 0.717) is 6.04 Å². The number of aromatic nitrogens is 3. The lowest BCUT2D eigenvalue weighted by molar-refractivity contribution is 0.470. The molecule has 0 bridgehead atoms. The lowest BCUT2D eigenvalue weighted by Crippen LogP contribution is -2.24. The average molecular weight is 272 g/mol. The minimum atomic E-state index is 0.156. The van der Waals surface area contributed by atoms with E-state index in [2.05, 4.69) is 36.2 Å². The van der Waals surface area contributed by atoms with E-state index in [0.717, 1.165) is 31.4 Å². The summed E-state index contributed by atoms with van der Waals surface area (Å²) in [4.78, 5) is 4.02. The third-order valence-electron chi connectivity index (χ3n) is 3.73. The van der Waals surface area contributed by atoms with Gasteiger partial charge in [0, 0.05) is 37.1 Å². The Morgan fingerprint density at radius 2 is 2.00 bits per heavy atom. The van der Waals surface area contributed by atoms with Crippen LogP contribution in [-0.2, 0) is 12.8 Å². The SMILES string of the molecule is CCC(C)n1ccc(CC(N)CCc2ccncc2)n1. The maximum Gasteiger partial charge on any atom is 0.0640 e. The van der Waals surface area contributed by atoms with Crippen molar-refractivity contribution in [1.29, 1.82) is 0 Å². The van der Waals surface area contributed by atoms with Crippen molar-refractivity contribution < 1.29 is 0 Å². The van der Waals surface area contributed by atoms with Crippen molar-refractivity contribution >= 4 is 0 Å². The number of hydrogen-bond acceptors (Lipinski definition) is 3. The van der Waals surface area contributed by atoms with E-state index in [1.807, 2.05) is 29.2 Å². The number of rotatable bonds is 7. The highest BCUT2D eigenvalue weighted by Crippen LogP contribution is 2.11. The Hall–Kier alpha value is -1.68. The van der Waals surface area contributed by atoms with Crippen LogP contribution < -0.4 is 5.73 Å². The summed E-state index contributed by atoms with van der Waals surface area (Å²) in [6, 6.07) is 6.79. The van der Waals surface area contributed by atoms with Crippen LogP contribution in [0.1, 0.15) is 44.0 Å². The van der Waals surface area contributed by atoms with Crippen molar-refractivity contribution in [2.24, 2.45) is 5.73 Å². The van der Waals surface area contributed by atoms with E-state index < -0.39 is 0 Å². The minimum Gasteiger partial charge on any atom is -0.327 e. The molecule has 2 rings (SSSR count). The number of hydrogen-bond donors (Lipinski definition) is 1. The van der Waals surface area contributed by atoms with Gasteiger partial charge in [0.2, 0.25) is 0 Å². The van der Waals surface area contributed by atoms with Crippen molar-refractivity contribution in [3.63, 3.8) is 0 Å². The molecule has 20 heavy (non-hydrogen) atoms. The Morgan fingerprint density at radius 1 is 1.25 bits per heavy atom. The number of aryl methyl sites for hydroxylation is 1. The molecule has 0 aliphatic rings. The second-order valence-electron chi connectivity index (χ2n) is 5.40. The summed E-state index contributed by atoms with van der Waals surface area (Å²) in [6.45, 7) is 4.35. The van der Waals surface area contributed by atoms with Crippen LogP contribution in [0.25, 0.3) is 0 Å². The highest BCUT2D eigenvalue weighted by molar-refractivity contribution is 5.10. The quantitative estimate of drug-likeness (QED) is 0.843. The van der Waals surface area contributed by atoms with Gasteiger partial charge >= 0.3 is 0 Å². The molecule has 0 aliphatic carbocycles. The summed E-state index contributed by atoms with van der Waals surface area (Å²) < 4.78 is 2.03. The molecule has 2 atom stereocenters. The third kappa shape index (κ3) is 4.17. The molecular weight excluding hydrogens is 248 g/mol. The van der Waals surface area contributed by atoms with E-state index in [-0.39, 0.29) is 6.04 Å². The van der Waals surface area contributed by atoms with Crippen LogP contribution in [0.3, 0.4) is 0 Å². The lowest BCUT2D eigenvalue weighted by Gasteiger charge is -2.11. The Morgan fingerprint density at radius 3 is 2.70 bits per heavy atom. The van der Waals surface area contributed by atoms with E-state index in [1.54, 1.807) is 0 Å². The smallest absolute Gasteiger partial charge is 0.0640 e. The van der Waals surface area contributed by atoms with Crippen molar-refractivity contribution in [2.45, 2.75) is 51.6 Å². The highest BCUT2D eigenvalue weighted by Gasteiger charge is 2.09. The maximum absolute atomic E-state index is 6.21. The minimum absolute atomic E-state index is 0.156. The molecule has 2 aromatic heterocycles. The zero-order valence-electron chi connectivity index (χ0n) is 12.4. The fourth-order valence-corrected chi connectivity index (χ4v) is 2.19. The summed E-state index contributed by atoms with van der Waals surface area (Å²) >= 11 is 0. The van der Waals surface area contributed by atoms with E-state index in [4.69, 9.17) is 5.73 Å². The summed E-state index contributed by atoms with van der Waals surface area (Å²) in [5.74, 6) is 0. The first kappa shape index (κ1) is 14.7. The summed E-state index contributed by atoms with van der Waals surface area (Å²) in [5, 5.41) is 4.60. The molecule has 0 saturated heterocycles. The molecule has 2 heterocycles. The summed E-state index contributed by atoms with van der Waals surface area (Å²) in [7, 11) is 0. The molecule has 0 fully saturated rings. The van der Waals surface area contributed by atoms with Gasteiger partial charge in [-0.2, -0.15) is 5.10 Å². The topological polar surface area (TPSA) is 56.7 Å². The molecular formula is C16H24N4. The first-order valence-electron chi connectivity index (χ1n) is 7.37. The Labute approximate surface area is 121 Å². The molecule has 0 spiro atoms. The molecule has 2 unspecified atom stereocenters. The van der Waals surface area contributed by atoms with Crippen LogP contribution in [0.5, 0.6) is 0 Å². The fraction of sp³-hybridized carbons (Fsp3) is 0.500. The standard InChI is InChI=1S/C16H24N4/c1-3-13(2)20-11-8-16(19-20)12-15(17)5-4-14-6-9-18-10-7-14/h6-11,13,15H,3-5,12,17H2,1-2H3. The fourth-order valence-electron chi connectivity index (χ4n) is 2.19. The Balaban J connectivity index is 1.82. The van der Waals surface area contributed by atoms with Gasteiger partial charge in [0.15, 0.2) is 0 Å². The second kappa shape index (κ2) is 7.20. The molecule has 0 aromatic carbocycles. The number of nitrogens with two attached hydrogens (primary N) is 1. The van der Waals surface area contributed by atoms with E-state index in [1.165, 1.54) is 5.56 Å². The third-order valence-corrected chi connectivity index (χ3v) is 3.73. The largest absolute Gasteiger partial charge is 0.327 e. The molecule has 2 N–H and O–H groups in total. The Bertz CT molecular complexity index is 506. The van der Waals surface area contributed by atoms with Gasteiger partial charge in [0.05, 0.1) is 5.69 Å². The predicted octanol–water partition coefficient (Wildman–Crippen LogP) is 2.75. The maximum atomic E-state index is 6.21. The monoisotopic (exact) mass is 272 g/mol. The van der Waals surface area contributed by atoms with Crippen LogP contribution in [0.4, 0.5) is 0 Å². The van der Waals surface area contributed by atoms with E-state index >= 15 is 0 Å². The summed E-state index contributed by atoms with van der Waals surface area (Å²) in [5.41, 5.74) is 8.59. The molecule has 0 saturated carbocycles. The summed E-state index contributed by atoms with van der Waals surface area (Å²) in [6.07, 6.45) is 9.61. The Kier molecular flexibility index (Phi) is 5.30. The van der Waals surface area contributed by atoms with Crippen LogP contribution in [0.15, 0.2) is 36.8 Å². The van der Waals surface area contributed by atoms with Crippen LogP contribution in [-0.4, -0.2) is 20.8 Å². The molecule has 108 valence electrons. The van der Waals surface area contributed by atoms with Crippen LogP contribution in [0, 0.1) is 0 Å². The van der Waals surface area contributed by atoms with E-state index in [9.17, 15) is 0 Å². The predicted molar refractivity (Wildman–Crippen MR) is 81.5 cm³/mol. The van der Waals surface area contributed by atoms with Gasteiger partial charge in [-0.05, 0) is 49.9 Å². The van der Waals surface area contributed by atoms with Gasteiger partial charge in [-0.15, -0.1) is 0 Å². The number of pyridine rings is 1. The highest BCUT2D eigenvalue weighted by atomic mass is 15.3. The van der Waals surface area contributed by atoms with Gasteiger partial charge in [0.25, 0.3) is 0 Å². The molecule has 0 radical (unpaired) electrons. The molecule has 4 nitrogen and oxygen atoms in total. The lowest BCUT2D eigenvalue weighted by atomic mass is 10.0. The van der Waals surface area contributed by atoms with Gasteiger partial charge in [-0.25, -0.2) is 0 Å². The molecule has 2 aromatic rings. The zero-order chi connectivity index (χ0) is 14.4. The molecule has 4 heteroatoms. The van der Waals surface area contributed by atoms with Gasteiger partial charge in [-0.1, -0.05) is 6.92 Å². The van der Waals surface area contributed by atoms with Crippen molar-refractivity contribution in [2.75, 3.05) is 0 Å².